The fourth-order valence-electron chi connectivity index (χ4n) is 2.51. The molecule has 1 aromatic carbocycles. The zero-order valence-electron chi connectivity index (χ0n) is 12.1. The van der Waals surface area contributed by atoms with E-state index >= 15 is 0 Å². The minimum atomic E-state index is -3.38. The molecule has 0 bridgehead atoms. The van der Waals surface area contributed by atoms with Crippen LogP contribution in [0, 0.1) is 6.57 Å². The van der Waals surface area contributed by atoms with Crippen LogP contribution in [-0.4, -0.2) is 31.2 Å². The van der Waals surface area contributed by atoms with Crippen molar-refractivity contribution in [3.8, 4) is 0 Å². The Hall–Kier alpha value is -2.37. The number of hydrogen-bond acceptors (Lipinski definition) is 5. The number of fused-ring (bicyclic) bond motifs is 1. The summed E-state index contributed by atoms with van der Waals surface area (Å²) in [6, 6.07) is 5.45. The normalized spacial score (nSPS) is 13.5. The summed E-state index contributed by atoms with van der Waals surface area (Å²) in [5, 5.41) is 3.02. The van der Waals surface area contributed by atoms with Gasteiger partial charge in [0.25, 0.3) is 0 Å². The van der Waals surface area contributed by atoms with Gasteiger partial charge in [0.2, 0.25) is 21.0 Å². The van der Waals surface area contributed by atoms with Gasteiger partial charge in [0.1, 0.15) is 5.82 Å². The predicted molar refractivity (Wildman–Crippen MR) is 88.9 cm³/mol. The summed E-state index contributed by atoms with van der Waals surface area (Å²) in [7, 11) is -3.38. The van der Waals surface area contributed by atoms with Gasteiger partial charge < -0.3 is 5.32 Å². The highest BCUT2D eigenvalue weighted by Gasteiger charge is 2.29. The van der Waals surface area contributed by atoms with Gasteiger partial charge in [0.05, 0.1) is 24.2 Å². The zero-order chi connectivity index (χ0) is 16.6. The number of anilines is 3. The maximum absolute atomic E-state index is 12.0. The van der Waals surface area contributed by atoms with Crippen molar-refractivity contribution >= 4 is 44.5 Å². The number of hydrogen-bond donors (Lipinski definition) is 1. The average molecular weight is 350 g/mol. The Kier molecular flexibility index (Phi) is 3.83. The van der Waals surface area contributed by atoms with Crippen LogP contribution in [0.3, 0.4) is 0 Å². The summed E-state index contributed by atoms with van der Waals surface area (Å²) in [6.07, 6.45) is 3.13. The van der Waals surface area contributed by atoms with E-state index in [9.17, 15) is 8.42 Å². The molecule has 1 aliphatic rings. The van der Waals surface area contributed by atoms with Gasteiger partial charge in [0, 0.05) is 12.7 Å². The highest BCUT2D eigenvalue weighted by atomic mass is 35.5. The zero-order valence-corrected chi connectivity index (χ0v) is 13.7. The van der Waals surface area contributed by atoms with E-state index in [0.717, 1.165) is 5.56 Å². The van der Waals surface area contributed by atoms with Crippen LogP contribution < -0.4 is 9.62 Å². The Balaban J connectivity index is 2.09. The van der Waals surface area contributed by atoms with Gasteiger partial charge in [-0.15, -0.1) is 0 Å². The van der Waals surface area contributed by atoms with Crippen LogP contribution in [0.1, 0.15) is 5.56 Å². The molecule has 9 heteroatoms. The molecule has 1 aliphatic heterocycles. The number of aromatic nitrogens is 2. The molecule has 0 amide bonds. The molecular weight excluding hydrogens is 338 g/mol. The first kappa shape index (κ1) is 15.5. The molecule has 7 nitrogen and oxygen atoms in total. The molecule has 0 radical (unpaired) electrons. The average Bonchev–Trinajstić information content (AvgIpc) is 2.93. The number of para-hydroxylation sites is 1. The lowest BCUT2D eigenvalue weighted by Crippen LogP contribution is -2.28. The van der Waals surface area contributed by atoms with Crippen molar-refractivity contribution in [1.29, 1.82) is 0 Å². The van der Waals surface area contributed by atoms with Crippen molar-refractivity contribution in [3.63, 3.8) is 0 Å². The van der Waals surface area contributed by atoms with Gasteiger partial charge in [-0.3, -0.25) is 4.31 Å². The molecule has 2 heterocycles. The maximum Gasteiger partial charge on any atom is 0.246 e. The molecule has 0 atom stereocenters. The second kappa shape index (κ2) is 5.68. The molecule has 0 fully saturated rings. The molecule has 0 saturated heterocycles. The van der Waals surface area contributed by atoms with E-state index in [0.29, 0.717) is 24.3 Å². The van der Waals surface area contributed by atoms with Crippen molar-refractivity contribution in [3.05, 3.63) is 46.7 Å². The number of nitrogens with zero attached hydrogens (tertiary/aromatic N) is 4. The minimum absolute atomic E-state index is 0.00689. The lowest BCUT2D eigenvalue weighted by molar-refractivity contribution is 0.598. The summed E-state index contributed by atoms with van der Waals surface area (Å²) in [6.45, 7) is 7.56. The smallest absolute Gasteiger partial charge is 0.246 e. The summed E-state index contributed by atoms with van der Waals surface area (Å²) in [5.41, 5.74) is 2.27. The summed E-state index contributed by atoms with van der Waals surface area (Å²) in [4.78, 5) is 11.1. The quantitative estimate of drug-likeness (QED) is 0.680. The molecule has 3 rings (SSSR count). The second-order valence-electron chi connectivity index (χ2n) is 5.01. The Bertz CT molecular complexity index is 923. The molecular formula is C14H12ClN5O2S. The highest BCUT2D eigenvalue weighted by Crippen LogP contribution is 2.39. The van der Waals surface area contributed by atoms with Crippen LogP contribution in [-0.2, 0) is 16.4 Å². The van der Waals surface area contributed by atoms with Gasteiger partial charge in [0.15, 0.2) is 0 Å². The van der Waals surface area contributed by atoms with Crippen molar-refractivity contribution in [2.75, 3.05) is 22.4 Å². The van der Waals surface area contributed by atoms with E-state index in [-0.39, 0.29) is 16.8 Å². The fraction of sp³-hybridized carbons (Fsp3) is 0.214. The SMILES string of the molecule is [C-]#[N+]c1cnc(Cl)nc1Nc1cccc2c1N(S(C)(=O)=O)CC2. The Morgan fingerprint density at radius 2 is 2.22 bits per heavy atom. The van der Waals surface area contributed by atoms with Crippen LogP contribution in [0.4, 0.5) is 22.9 Å². The molecule has 0 saturated carbocycles. The Morgan fingerprint density at radius 1 is 1.43 bits per heavy atom. The third-order valence-electron chi connectivity index (χ3n) is 3.47. The van der Waals surface area contributed by atoms with Crippen LogP contribution in [0.2, 0.25) is 5.28 Å². The number of halogens is 1. The lowest BCUT2D eigenvalue weighted by Gasteiger charge is -2.20. The lowest BCUT2D eigenvalue weighted by atomic mass is 10.1. The van der Waals surface area contributed by atoms with E-state index in [1.807, 2.05) is 12.1 Å². The van der Waals surface area contributed by atoms with Gasteiger partial charge in [-0.1, -0.05) is 12.1 Å². The molecule has 0 unspecified atom stereocenters. The van der Waals surface area contributed by atoms with E-state index in [1.165, 1.54) is 16.8 Å². The molecule has 0 aliphatic carbocycles. The molecule has 118 valence electrons. The van der Waals surface area contributed by atoms with Crippen LogP contribution in [0.5, 0.6) is 0 Å². The number of sulfonamides is 1. The molecule has 1 N–H and O–H groups in total. The first-order chi connectivity index (χ1) is 10.9. The number of nitrogens with one attached hydrogen (secondary N) is 1. The van der Waals surface area contributed by atoms with Crippen LogP contribution in [0.25, 0.3) is 4.85 Å². The summed E-state index contributed by atoms with van der Waals surface area (Å²) >= 11 is 5.79. The largest absolute Gasteiger partial charge is 0.347 e. The number of rotatable bonds is 3. The van der Waals surface area contributed by atoms with E-state index in [4.69, 9.17) is 18.2 Å². The number of benzene rings is 1. The fourth-order valence-corrected chi connectivity index (χ4v) is 3.61. The molecule has 0 spiro atoms. The van der Waals surface area contributed by atoms with Crippen LogP contribution in [0.15, 0.2) is 24.4 Å². The van der Waals surface area contributed by atoms with E-state index in [2.05, 4.69) is 20.1 Å². The van der Waals surface area contributed by atoms with Gasteiger partial charge >= 0.3 is 0 Å². The topological polar surface area (TPSA) is 79.6 Å². The Labute approximate surface area is 138 Å². The Morgan fingerprint density at radius 3 is 2.91 bits per heavy atom. The van der Waals surface area contributed by atoms with Crippen molar-refractivity contribution in [1.82, 2.24) is 9.97 Å². The third-order valence-corrected chi connectivity index (χ3v) is 4.82. The van der Waals surface area contributed by atoms with Gasteiger partial charge in [-0.25, -0.2) is 23.2 Å². The predicted octanol–water partition coefficient (Wildman–Crippen LogP) is 2.75. The van der Waals surface area contributed by atoms with Gasteiger partial charge in [-0.05, 0) is 29.7 Å². The second-order valence-corrected chi connectivity index (χ2v) is 7.25. The van der Waals surface area contributed by atoms with Crippen LogP contribution >= 0.6 is 11.6 Å². The summed E-state index contributed by atoms with van der Waals surface area (Å²) in [5.74, 6) is 0.244. The third kappa shape index (κ3) is 2.93. The standard InChI is InChI=1S/C14H12ClN5O2S/c1-16-11-8-17-14(15)19-13(11)18-10-5-3-4-9-6-7-20(12(9)10)23(2,21)22/h3-5,8H,6-7H2,2H3,(H,17,18,19). The maximum atomic E-state index is 12.0. The highest BCUT2D eigenvalue weighted by molar-refractivity contribution is 7.92. The molecule has 23 heavy (non-hydrogen) atoms. The minimum Gasteiger partial charge on any atom is -0.347 e. The van der Waals surface area contributed by atoms with E-state index < -0.39 is 10.0 Å². The monoisotopic (exact) mass is 349 g/mol. The summed E-state index contributed by atoms with van der Waals surface area (Å²) < 4.78 is 25.3. The molecule has 1 aromatic heterocycles. The van der Waals surface area contributed by atoms with E-state index in [1.54, 1.807) is 6.07 Å². The van der Waals surface area contributed by atoms with Crippen molar-refractivity contribution in [2.24, 2.45) is 0 Å². The van der Waals surface area contributed by atoms with Crippen molar-refractivity contribution in [2.45, 2.75) is 6.42 Å². The molecule has 2 aromatic rings. The van der Waals surface area contributed by atoms with Gasteiger partial charge in [-0.2, -0.15) is 0 Å². The first-order valence-corrected chi connectivity index (χ1v) is 8.89. The first-order valence-electron chi connectivity index (χ1n) is 6.67. The van der Waals surface area contributed by atoms with Crippen molar-refractivity contribution < 1.29 is 8.42 Å².